The smallest absolute Gasteiger partial charge is 0.444 e. The number of hydrogen-bond donors (Lipinski definition) is 2. The van der Waals surface area contributed by atoms with Crippen LogP contribution in [-0.4, -0.2) is 75.4 Å². The number of pyridine rings is 1. The van der Waals surface area contributed by atoms with Crippen molar-refractivity contribution in [1.29, 1.82) is 0 Å². The van der Waals surface area contributed by atoms with E-state index in [9.17, 15) is 32.3 Å². The lowest BCUT2D eigenvalue weighted by Crippen LogP contribution is -2.62. The van der Waals surface area contributed by atoms with E-state index >= 15 is 0 Å². The maximum atomic E-state index is 13.3. The van der Waals surface area contributed by atoms with Crippen LogP contribution in [0.2, 0.25) is 5.02 Å². The van der Waals surface area contributed by atoms with Crippen LogP contribution in [-0.2, 0) is 19.1 Å². The van der Waals surface area contributed by atoms with E-state index in [2.05, 4.69) is 15.0 Å². The molecule has 2 aromatic rings. The number of hydrazine groups is 1. The van der Waals surface area contributed by atoms with Crippen molar-refractivity contribution >= 4 is 46.3 Å². The number of piperidine rings is 1. The average molecular weight is 614 g/mol. The fourth-order valence-corrected chi connectivity index (χ4v) is 5.04. The molecule has 228 valence electrons. The van der Waals surface area contributed by atoms with Crippen LogP contribution < -0.4 is 11.2 Å². The van der Waals surface area contributed by atoms with E-state index < -0.39 is 59.9 Å². The summed E-state index contributed by atoms with van der Waals surface area (Å²) < 4.78 is 46.6. The third-order valence-corrected chi connectivity index (χ3v) is 7.19. The third kappa shape index (κ3) is 7.66. The highest BCUT2D eigenvalue weighted by Crippen LogP contribution is 2.36. The van der Waals surface area contributed by atoms with Gasteiger partial charge in [0.25, 0.3) is 11.8 Å². The average Bonchev–Trinajstić information content (AvgIpc) is 2.87. The molecule has 0 spiro atoms. The number of hydrogen-bond acceptors (Lipinski definition) is 8. The minimum Gasteiger partial charge on any atom is -0.444 e. The summed E-state index contributed by atoms with van der Waals surface area (Å²) in [5.41, 5.74) is -0.0303. The molecule has 1 aliphatic carbocycles. The molecule has 1 saturated carbocycles. The summed E-state index contributed by atoms with van der Waals surface area (Å²) >= 11 is 5.99. The standard InChI is InChI=1S/C27H31ClF3N5O6/c1-26(2,3)42-25(40)35-13-18(34-22(37)16-8-14-4-5-17(28)11-20(14)33-12-16)6-7-21(35)24(39)36(32)23(38)15-9-19(10-15)41-27(29,30)31/h4-5,8,11-12,15,18-19,21H,6-7,9-10,13,32H2,1-3H3,(H,34,37)/t15?,18-,19?,21+/m0/s1. The van der Waals surface area contributed by atoms with Gasteiger partial charge in [0.05, 0.1) is 17.2 Å². The second-order valence-electron chi connectivity index (χ2n) is 11.4. The van der Waals surface area contributed by atoms with Crippen LogP contribution in [0.4, 0.5) is 18.0 Å². The highest BCUT2D eigenvalue weighted by Gasteiger charge is 2.46. The first-order chi connectivity index (χ1) is 19.5. The molecule has 4 rings (SSSR count). The number of benzene rings is 1. The van der Waals surface area contributed by atoms with E-state index in [4.69, 9.17) is 22.2 Å². The number of halogens is 4. The fourth-order valence-electron chi connectivity index (χ4n) is 4.87. The van der Waals surface area contributed by atoms with E-state index in [0.717, 1.165) is 4.90 Å². The van der Waals surface area contributed by atoms with Crippen molar-refractivity contribution in [2.45, 2.75) is 76.6 Å². The molecule has 2 atom stereocenters. The van der Waals surface area contributed by atoms with Gasteiger partial charge >= 0.3 is 12.5 Å². The lowest BCUT2D eigenvalue weighted by atomic mass is 9.81. The molecule has 0 bridgehead atoms. The second-order valence-corrected chi connectivity index (χ2v) is 11.8. The normalized spacial score (nSPS) is 22.7. The first kappa shape index (κ1) is 31.4. The van der Waals surface area contributed by atoms with Crippen molar-refractivity contribution in [3.05, 3.63) is 41.0 Å². The second kappa shape index (κ2) is 12.0. The van der Waals surface area contributed by atoms with Gasteiger partial charge in [-0.15, -0.1) is 13.2 Å². The maximum Gasteiger partial charge on any atom is 0.522 e. The molecule has 2 aliphatic rings. The fraction of sp³-hybridized carbons (Fsp3) is 0.519. The Balaban J connectivity index is 1.44. The lowest BCUT2D eigenvalue weighted by molar-refractivity contribution is -0.353. The summed E-state index contributed by atoms with van der Waals surface area (Å²) in [4.78, 5) is 57.6. The largest absolute Gasteiger partial charge is 0.522 e. The van der Waals surface area contributed by atoms with Gasteiger partial charge in [0.2, 0.25) is 5.91 Å². The molecular formula is C27H31ClF3N5O6. The van der Waals surface area contributed by atoms with Gasteiger partial charge in [-0.25, -0.2) is 15.6 Å². The summed E-state index contributed by atoms with van der Waals surface area (Å²) in [6, 6.07) is 4.95. The number of amides is 4. The Morgan fingerprint density at radius 1 is 1.10 bits per heavy atom. The molecule has 4 amide bonds. The maximum absolute atomic E-state index is 13.3. The van der Waals surface area contributed by atoms with Gasteiger partial charge in [-0.1, -0.05) is 17.7 Å². The summed E-state index contributed by atoms with van der Waals surface area (Å²) in [5, 5.41) is 4.40. The van der Waals surface area contributed by atoms with Gasteiger partial charge < -0.3 is 10.1 Å². The Labute approximate surface area is 244 Å². The number of nitrogens with two attached hydrogens (primary N) is 1. The molecule has 1 saturated heterocycles. The molecule has 0 radical (unpaired) electrons. The number of fused-ring (bicyclic) bond motifs is 1. The van der Waals surface area contributed by atoms with Crippen LogP contribution >= 0.6 is 11.6 Å². The van der Waals surface area contributed by atoms with Crippen molar-refractivity contribution in [2.24, 2.45) is 11.8 Å². The summed E-state index contributed by atoms with van der Waals surface area (Å²) in [6.45, 7) is 4.79. The number of nitrogens with one attached hydrogen (secondary N) is 1. The Morgan fingerprint density at radius 3 is 2.43 bits per heavy atom. The number of nitrogens with zero attached hydrogens (tertiary/aromatic N) is 3. The van der Waals surface area contributed by atoms with Crippen LogP contribution in [0.25, 0.3) is 10.9 Å². The quantitative estimate of drug-likeness (QED) is 0.223. The molecule has 1 aromatic heterocycles. The lowest BCUT2D eigenvalue weighted by Gasteiger charge is -2.41. The molecule has 2 fully saturated rings. The zero-order valence-electron chi connectivity index (χ0n) is 23.1. The first-order valence-electron chi connectivity index (χ1n) is 13.2. The number of ether oxygens (including phenoxy) is 2. The first-order valence-corrected chi connectivity index (χ1v) is 13.6. The summed E-state index contributed by atoms with van der Waals surface area (Å²) in [6.07, 6.45) is -5.69. The van der Waals surface area contributed by atoms with Crippen molar-refractivity contribution in [2.75, 3.05) is 6.54 Å². The number of likely N-dealkylation sites (tertiary alicyclic amines) is 1. The number of carbonyl (C=O) groups excluding carboxylic acids is 4. The van der Waals surface area contributed by atoms with Crippen LogP contribution in [0.15, 0.2) is 30.5 Å². The van der Waals surface area contributed by atoms with Gasteiger partial charge in [0.1, 0.15) is 11.6 Å². The predicted molar refractivity (Wildman–Crippen MR) is 144 cm³/mol. The van der Waals surface area contributed by atoms with Crippen molar-refractivity contribution in [3.8, 4) is 0 Å². The zero-order valence-corrected chi connectivity index (χ0v) is 23.9. The van der Waals surface area contributed by atoms with Crippen molar-refractivity contribution in [1.82, 2.24) is 20.2 Å². The van der Waals surface area contributed by atoms with E-state index in [1.807, 2.05) is 0 Å². The highest BCUT2D eigenvalue weighted by atomic mass is 35.5. The SMILES string of the molecule is CC(C)(C)OC(=O)N1C[C@@H](NC(=O)c2cnc3cc(Cl)ccc3c2)CC[C@@H]1C(=O)N(N)C(=O)C1CC(OC(F)(F)F)C1. The Hall–Kier alpha value is -3.49. The number of aromatic nitrogens is 1. The van der Waals surface area contributed by atoms with Crippen LogP contribution in [0, 0.1) is 5.92 Å². The zero-order chi connectivity index (χ0) is 31.0. The van der Waals surface area contributed by atoms with Crippen LogP contribution in [0.3, 0.4) is 0 Å². The molecule has 42 heavy (non-hydrogen) atoms. The molecule has 1 aromatic carbocycles. The number of rotatable bonds is 5. The van der Waals surface area contributed by atoms with Gasteiger partial charge in [-0.3, -0.25) is 29.0 Å². The van der Waals surface area contributed by atoms with Gasteiger partial charge in [-0.2, -0.15) is 0 Å². The molecule has 2 heterocycles. The van der Waals surface area contributed by atoms with E-state index in [1.54, 1.807) is 45.0 Å². The minimum absolute atomic E-state index is 0.0307. The van der Waals surface area contributed by atoms with Gasteiger partial charge in [0, 0.05) is 35.1 Å². The van der Waals surface area contributed by atoms with Crippen molar-refractivity contribution < 1.29 is 41.8 Å². The number of imide groups is 1. The highest BCUT2D eigenvalue weighted by molar-refractivity contribution is 6.31. The van der Waals surface area contributed by atoms with E-state index in [1.165, 1.54) is 6.20 Å². The Bertz CT molecular complexity index is 1380. The van der Waals surface area contributed by atoms with Crippen LogP contribution in [0.1, 0.15) is 56.8 Å². The third-order valence-electron chi connectivity index (χ3n) is 6.96. The van der Waals surface area contributed by atoms with E-state index in [-0.39, 0.29) is 37.8 Å². The molecule has 0 unspecified atom stereocenters. The molecule has 3 N–H and O–H groups in total. The molecule has 11 nitrogen and oxygen atoms in total. The Kier molecular flexibility index (Phi) is 9.00. The Morgan fingerprint density at radius 2 is 1.79 bits per heavy atom. The van der Waals surface area contributed by atoms with Crippen molar-refractivity contribution in [3.63, 3.8) is 0 Å². The topological polar surface area (TPSA) is 144 Å². The molecule has 15 heteroatoms. The number of alkyl halides is 3. The monoisotopic (exact) mass is 613 g/mol. The van der Waals surface area contributed by atoms with Crippen LogP contribution in [0.5, 0.6) is 0 Å². The predicted octanol–water partition coefficient (Wildman–Crippen LogP) is 3.93. The summed E-state index contributed by atoms with van der Waals surface area (Å²) in [5.74, 6) is 2.66. The summed E-state index contributed by atoms with van der Waals surface area (Å²) in [7, 11) is 0. The van der Waals surface area contributed by atoms with E-state index in [0.29, 0.717) is 20.9 Å². The number of carbonyl (C=O) groups is 4. The molecular weight excluding hydrogens is 583 g/mol. The minimum atomic E-state index is -4.84. The molecule has 1 aliphatic heterocycles. The van der Waals surface area contributed by atoms with Gasteiger partial charge in [-0.05, 0) is 64.7 Å². The van der Waals surface area contributed by atoms with Gasteiger partial charge in [0.15, 0.2) is 0 Å².